The highest BCUT2D eigenvalue weighted by Gasteiger charge is 2.17. The Kier molecular flexibility index (Phi) is 5.26. The Morgan fingerprint density at radius 2 is 1.75 bits per heavy atom. The molecule has 0 aliphatic carbocycles. The molecule has 0 heterocycles. The monoisotopic (exact) mass is 327 g/mol. The molecule has 0 spiro atoms. The van der Waals surface area contributed by atoms with Crippen molar-refractivity contribution in [1.82, 2.24) is 0 Å². The quantitative estimate of drug-likeness (QED) is 0.512. The van der Waals surface area contributed by atoms with Gasteiger partial charge in [0.15, 0.2) is 0 Å². The van der Waals surface area contributed by atoms with Crippen molar-refractivity contribution in [2.45, 2.75) is 20.3 Å². The van der Waals surface area contributed by atoms with Gasteiger partial charge >= 0.3 is 11.8 Å². The number of hydrogen-bond acceptors (Lipinski definition) is 4. The van der Waals surface area contributed by atoms with Crippen LogP contribution >= 0.6 is 0 Å². The zero-order valence-electron chi connectivity index (χ0n) is 13.3. The third-order valence-electron chi connectivity index (χ3n) is 3.50. The summed E-state index contributed by atoms with van der Waals surface area (Å²) < 4.78 is 0. The van der Waals surface area contributed by atoms with Crippen LogP contribution in [0.25, 0.3) is 0 Å². The van der Waals surface area contributed by atoms with Crippen LogP contribution in [0.1, 0.15) is 18.1 Å². The molecule has 0 atom stereocenters. The van der Waals surface area contributed by atoms with E-state index in [0.717, 1.165) is 11.1 Å². The van der Waals surface area contributed by atoms with E-state index in [-0.39, 0.29) is 11.4 Å². The number of rotatable bonds is 4. The van der Waals surface area contributed by atoms with E-state index < -0.39 is 16.7 Å². The molecule has 2 rings (SSSR count). The zero-order chi connectivity index (χ0) is 17.7. The van der Waals surface area contributed by atoms with Crippen LogP contribution < -0.4 is 10.6 Å². The van der Waals surface area contributed by atoms with Crippen LogP contribution in [0.15, 0.2) is 42.5 Å². The molecule has 0 unspecified atom stereocenters. The summed E-state index contributed by atoms with van der Waals surface area (Å²) in [4.78, 5) is 34.3. The number of para-hydroxylation sites is 1. The first-order valence-electron chi connectivity index (χ1n) is 7.37. The van der Waals surface area contributed by atoms with Crippen molar-refractivity contribution in [2.75, 3.05) is 10.6 Å². The van der Waals surface area contributed by atoms with Crippen LogP contribution in [0, 0.1) is 17.0 Å². The normalized spacial score (nSPS) is 10.1. The highest BCUT2D eigenvalue weighted by Crippen LogP contribution is 2.21. The van der Waals surface area contributed by atoms with E-state index in [0.29, 0.717) is 12.1 Å². The van der Waals surface area contributed by atoms with Crippen molar-refractivity contribution in [3.05, 3.63) is 63.7 Å². The topological polar surface area (TPSA) is 101 Å². The predicted octanol–water partition coefficient (Wildman–Crippen LogP) is 3.04. The summed E-state index contributed by atoms with van der Waals surface area (Å²) in [5.74, 6) is -1.72. The highest BCUT2D eigenvalue weighted by atomic mass is 16.6. The first-order chi connectivity index (χ1) is 11.4. The maximum absolute atomic E-state index is 12.1. The lowest BCUT2D eigenvalue weighted by Crippen LogP contribution is -2.29. The van der Waals surface area contributed by atoms with Crippen LogP contribution in [-0.4, -0.2) is 16.7 Å². The predicted molar refractivity (Wildman–Crippen MR) is 90.9 cm³/mol. The van der Waals surface area contributed by atoms with Gasteiger partial charge in [0.25, 0.3) is 5.69 Å². The SMILES string of the molecule is CCc1cccc(C)c1NC(=O)C(=O)Nc1cccc([N+](=O)[O-])c1. The average molecular weight is 327 g/mol. The maximum atomic E-state index is 12.1. The standard InChI is InChI=1S/C17H17N3O4/c1-3-12-7-4-6-11(2)15(12)19-17(22)16(21)18-13-8-5-9-14(10-13)20(23)24/h4-10H,3H2,1-2H3,(H,18,21)(H,19,22). The number of non-ortho nitro benzene ring substituents is 1. The second-order valence-electron chi connectivity index (χ2n) is 5.18. The van der Waals surface area contributed by atoms with Gasteiger partial charge in [-0.3, -0.25) is 19.7 Å². The molecule has 0 aromatic heterocycles. The molecule has 7 heteroatoms. The molecule has 0 saturated heterocycles. The molecular formula is C17H17N3O4. The first kappa shape index (κ1) is 17.1. The molecule has 0 radical (unpaired) electrons. The third-order valence-corrected chi connectivity index (χ3v) is 3.50. The number of carbonyl (C=O) groups is 2. The fraction of sp³-hybridized carbons (Fsp3) is 0.176. The molecule has 0 bridgehead atoms. The Bertz CT molecular complexity index is 802. The number of nitrogens with zero attached hydrogens (tertiary/aromatic N) is 1. The Morgan fingerprint density at radius 3 is 2.42 bits per heavy atom. The lowest BCUT2D eigenvalue weighted by molar-refractivity contribution is -0.384. The number of hydrogen-bond donors (Lipinski definition) is 2. The molecule has 0 aliphatic heterocycles. The summed E-state index contributed by atoms with van der Waals surface area (Å²) in [6.45, 7) is 3.79. The van der Waals surface area contributed by atoms with Crippen molar-refractivity contribution >= 4 is 28.9 Å². The van der Waals surface area contributed by atoms with E-state index in [4.69, 9.17) is 0 Å². The number of benzene rings is 2. The number of nitrogens with one attached hydrogen (secondary N) is 2. The van der Waals surface area contributed by atoms with Gasteiger partial charge in [0.2, 0.25) is 0 Å². The van der Waals surface area contributed by atoms with E-state index in [2.05, 4.69) is 10.6 Å². The summed E-state index contributed by atoms with van der Waals surface area (Å²) in [5.41, 5.74) is 2.40. The number of nitro benzene ring substituents is 1. The van der Waals surface area contributed by atoms with Crippen LogP contribution in [0.2, 0.25) is 0 Å². The molecule has 7 nitrogen and oxygen atoms in total. The average Bonchev–Trinajstić information content (AvgIpc) is 2.56. The first-order valence-corrected chi connectivity index (χ1v) is 7.37. The highest BCUT2D eigenvalue weighted by molar-refractivity contribution is 6.43. The summed E-state index contributed by atoms with van der Waals surface area (Å²) >= 11 is 0. The Labute approximate surface area is 138 Å². The van der Waals surface area contributed by atoms with Crippen molar-refractivity contribution in [3.63, 3.8) is 0 Å². The molecule has 2 amide bonds. The number of nitro groups is 1. The Balaban J connectivity index is 2.12. The van der Waals surface area contributed by atoms with Crippen LogP contribution in [0.3, 0.4) is 0 Å². The lowest BCUT2D eigenvalue weighted by Gasteiger charge is -2.12. The summed E-state index contributed by atoms with van der Waals surface area (Å²) in [7, 11) is 0. The Morgan fingerprint density at radius 1 is 1.08 bits per heavy atom. The minimum atomic E-state index is -0.888. The minimum absolute atomic E-state index is 0.166. The maximum Gasteiger partial charge on any atom is 0.314 e. The lowest BCUT2D eigenvalue weighted by atomic mass is 10.1. The largest absolute Gasteiger partial charge is 0.318 e. The third kappa shape index (κ3) is 3.95. The van der Waals surface area contributed by atoms with Crippen molar-refractivity contribution < 1.29 is 14.5 Å². The van der Waals surface area contributed by atoms with Gasteiger partial charge in [-0.15, -0.1) is 0 Å². The van der Waals surface area contributed by atoms with E-state index in [1.54, 1.807) is 0 Å². The van der Waals surface area contributed by atoms with Gasteiger partial charge < -0.3 is 10.6 Å². The zero-order valence-corrected chi connectivity index (χ0v) is 13.3. The van der Waals surface area contributed by atoms with Crippen LogP contribution in [0.5, 0.6) is 0 Å². The summed E-state index contributed by atoms with van der Waals surface area (Å²) in [6, 6.07) is 11.0. The van der Waals surface area contributed by atoms with Crippen LogP contribution in [0.4, 0.5) is 17.1 Å². The summed E-state index contributed by atoms with van der Waals surface area (Å²) in [6.07, 6.45) is 0.712. The number of aryl methyl sites for hydroxylation is 2. The molecule has 0 aliphatic rings. The van der Waals surface area contributed by atoms with Gasteiger partial charge in [0, 0.05) is 23.5 Å². The van der Waals surface area contributed by atoms with Gasteiger partial charge in [-0.1, -0.05) is 31.2 Å². The van der Waals surface area contributed by atoms with Gasteiger partial charge in [0.05, 0.1) is 4.92 Å². The molecule has 0 saturated carbocycles. The fourth-order valence-corrected chi connectivity index (χ4v) is 2.26. The van der Waals surface area contributed by atoms with Crippen molar-refractivity contribution in [2.24, 2.45) is 0 Å². The fourth-order valence-electron chi connectivity index (χ4n) is 2.26. The van der Waals surface area contributed by atoms with E-state index in [9.17, 15) is 19.7 Å². The van der Waals surface area contributed by atoms with Gasteiger partial charge in [-0.05, 0) is 30.5 Å². The Hall–Kier alpha value is -3.22. The van der Waals surface area contributed by atoms with Crippen molar-refractivity contribution in [3.8, 4) is 0 Å². The second-order valence-corrected chi connectivity index (χ2v) is 5.18. The van der Waals surface area contributed by atoms with E-state index in [1.165, 1.54) is 24.3 Å². The number of carbonyl (C=O) groups excluding carboxylic acids is 2. The van der Waals surface area contributed by atoms with Gasteiger partial charge in [0.1, 0.15) is 0 Å². The van der Waals surface area contributed by atoms with Crippen LogP contribution in [-0.2, 0) is 16.0 Å². The van der Waals surface area contributed by atoms with Gasteiger partial charge in [-0.25, -0.2) is 0 Å². The molecule has 124 valence electrons. The second kappa shape index (κ2) is 7.36. The van der Waals surface area contributed by atoms with E-state index in [1.807, 2.05) is 32.0 Å². The minimum Gasteiger partial charge on any atom is -0.318 e. The summed E-state index contributed by atoms with van der Waals surface area (Å²) in [5, 5.41) is 15.7. The number of anilines is 2. The molecule has 0 fully saturated rings. The molecule has 24 heavy (non-hydrogen) atoms. The van der Waals surface area contributed by atoms with Gasteiger partial charge in [-0.2, -0.15) is 0 Å². The molecular weight excluding hydrogens is 310 g/mol. The van der Waals surface area contributed by atoms with E-state index >= 15 is 0 Å². The molecule has 2 N–H and O–H groups in total. The number of amides is 2. The molecule has 2 aromatic rings. The molecule has 2 aromatic carbocycles. The smallest absolute Gasteiger partial charge is 0.314 e. The van der Waals surface area contributed by atoms with Crippen molar-refractivity contribution in [1.29, 1.82) is 0 Å².